The summed E-state index contributed by atoms with van der Waals surface area (Å²) < 4.78 is 0. The van der Waals surface area contributed by atoms with Gasteiger partial charge in [-0.15, -0.1) is 0 Å². The minimum Gasteiger partial charge on any atom is -0.0885 e. The van der Waals surface area contributed by atoms with E-state index >= 15 is 0 Å². The molecule has 0 aromatic carbocycles. The Morgan fingerprint density at radius 2 is 1.80 bits per heavy atom. The summed E-state index contributed by atoms with van der Waals surface area (Å²) in [4.78, 5) is 0. The minimum absolute atomic E-state index is 0.929. The molecule has 0 heterocycles. The van der Waals surface area contributed by atoms with Gasteiger partial charge in [0.25, 0.3) is 0 Å². The van der Waals surface area contributed by atoms with E-state index in [1.165, 1.54) is 32.1 Å². The van der Waals surface area contributed by atoms with Crippen molar-refractivity contribution in [3.63, 3.8) is 0 Å². The van der Waals surface area contributed by atoms with E-state index in [1.807, 2.05) is 0 Å². The zero-order valence-electron chi connectivity index (χ0n) is 7.19. The molecule has 10 heavy (non-hydrogen) atoms. The van der Waals surface area contributed by atoms with Crippen molar-refractivity contribution in [3.05, 3.63) is 11.6 Å². The molecule has 1 saturated carbocycles. The Labute approximate surface area is 64.3 Å². The summed E-state index contributed by atoms with van der Waals surface area (Å²) in [5.41, 5.74) is 1.61. The summed E-state index contributed by atoms with van der Waals surface area (Å²) in [6.07, 6.45) is 9.53. The molecular weight excluding hydrogens is 120 g/mol. The van der Waals surface area contributed by atoms with Crippen molar-refractivity contribution < 1.29 is 0 Å². The van der Waals surface area contributed by atoms with Crippen molar-refractivity contribution in [2.45, 2.75) is 46.0 Å². The van der Waals surface area contributed by atoms with Crippen molar-refractivity contribution >= 4 is 0 Å². The lowest BCUT2D eigenvalue weighted by molar-refractivity contribution is 0.402. The summed E-state index contributed by atoms with van der Waals surface area (Å²) in [5.74, 6) is 0.929. The van der Waals surface area contributed by atoms with Gasteiger partial charge in [0.1, 0.15) is 0 Å². The van der Waals surface area contributed by atoms with E-state index < -0.39 is 0 Å². The predicted molar refractivity (Wildman–Crippen MR) is 46.0 cm³/mol. The van der Waals surface area contributed by atoms with Crippen molar-refractivity contribution in [1.82, 2.24) is 0 Å². The van der Waals surface area contributed by atoms with Crippen molar-refractivity contribution in [2.75, 3.05) is 0 Å². The number of hydrogen-bond donors (Lipinski definition) is 0. The summed E-state index contributed by atoms with van der Waals surface area (Å²) in [5, 5.41) is 0. The molecule has 1 fully saturated rings. The quantitative estimate of drug-likeness (QED) is 0.486. The fourth-order valence-corrected chi connectivity index (χ4v) is 1.79. The van der Waals surface area contributed by atoms with E-state index in [-0.39, 0.29) is 0 Å². The molecule has 0 atom stereocenters. The topological polar surface area (TPSA) is 0 Å². The summed E-state index contributed by atoms with van der Waals surface area (Å²) in [6, 6.07) is 0. The largest absolute Gasteiger partial charge is 0.0885 e. The van der Waals surface area contributed by atoms with Gasteiger partial charge in [0.05, 0.1) is 0 Å². The molecule has 0 heteroatoms. The molecule has 0 saturated heterocycles. The van der Waals surface area contributed by atoms with Gasteiger partial charge in [-0.25, -0.2) is 0 Å². The minimum atomic E-state index is 0.929. The second kappa shape index (κ2) is 3.80. The van der Waals surface area contributed by atoms with Crippen LogP contribution in [0.25, 0.3) is 0 Å². The highest BCUT2D eigenvalue weighted by Gasteiger charge is 2.13. The third-order valence-corrected chi connectivity index (χ3v) is 2.70. The monoisotopic (exact) mass is 138 g/mol. The highest BCUT2D eigenvalue weighted by molar-refractivity contribution is 5.02. The molecule has 0 aliphatic heterocycles. The Hall–Kier alpha value is -0.260. The lowest BCUT2D eigenvalue weighted by Crippen LogP contribution is -2.06. The lowest BCUT2D eigenvalue weighted by atomic mass is 9.84. The fraction of sp³-hybridized carbons (Fsp3) is 0.800. The zero-order chi connectivity index (χ0) is 7.40. The second-order valence-electron chi connectivity index (χ2n) is 3.37. The van der Waals surface area contributed by atoms with E-state index in [1.54, 1.807) is 5.57 Å². The molecule has 0 aromatic heterocycles. The van der Waals surface area contributed by atoms with Gasteiger partial charge in [-0.05, 0) is 32.6 Å². The molecule has 1 rings (SSSR count). The van der Waals surface area contributed by atoms with Gasteiger partial charge in [-0.3, -0.25) is 0 Å². The van der Waals surface area contributed by atoms with Gasteiger partial charge in [0.2, 0.25) is 0 Å². The Kier molecular flexibility index (Phi) is 2.98. The maximum Gasteiger partial charge on any atom is -0.0206 e. The Balaban J connectivity index is 2.39. The highest BCUT2D eigenvalue weighted by Crippen LogP contribution is 2.28. The molecule has 0 amide bonds. The van der Waals surface area contributed by atoms with Crippen LogP contribution in [0.1, 0.15) is 46.0 Å². The SMILES string of the molecule is C/C=C(/C)C1CCCCC1. The molecule has 0 unspecified atom stereocenters. The van der Waals surface area contributed by atoms with Crippen LogP contribution in [-0.2, 0) is 0 Å². The standard InChI is InChI=1S/C10H18/c1-3-9(2)10-7-5-4-6-8-10/h3,10H,4-8H2,1-2H3/b9-3-. The predicted octanol–water partition coefficient (Wildman–Crippen LogP) is 3.53. The molecule has 58 valence electrons. The normalized spacial score (nSPS) is 23.2. The molecule has 0 N–H and O–H groups in total. The van der Waals surface area contributed by atoms with Gasteiger partial charge in [0.15, 0.2) is 0 Å². The molecular formula is C10H18. The number of rotatable bonds is 1. The second-order valence-corrected chi connectivity index (χ2v) is 3.37. The highest BCUT2D eigenvalue weighted by atomic mass is 14.2. The van der Waals surface area contributed by atoms with E-state index in [2.05, 4.69) is 19.9 Å². The Bertz CT molecular complexity index is 116. The maximum atomic E-state index is 2.27. The van der Waals surface area contributed by atoms with Crippen LogP contribution in [-0.4, -0.2) is 0 Å². The maximum absolute atomic E-state index is 2.27. The first-order valence-corrected chi connectivity index (χ1v) is 4.47. The molecule has 0 nitrogen and oxygen atoms in total. The zero-order valence-corrected chi connectivity index (χ0v) is 7.19. The molecule has 0 radical (unpaired) electrons. The third kappa shape index (κ3) is 1.86. The van der Waals surface area contributed by atoms with E-state index in [0.29, 0.717) is 0 Å². The third-order valence-electron chi connectivity index (χ3n) is 2.70. The van der Waals surface area contributed by atoms with Gasteiger partial charge >= 0.3 is 0 Å². The van der Waals surface area contributed by atoms with Crippen molar-refractivity contribution in [3.8, 4) is 0 Å². The Morgan fingerprint density at radius 3 is 2.30 bits per heavy atom. The van der Waals surface area contributed by atoms with E-state index in [0.717, 1.165) is 5.92 Å². The van der Waals surface area contributed by atoms with Crippen molar-refractivity contribution in [2.24, 2.45) is 5.92 Å². The van der Waals surface area contributed by atoms with Crippen LogP contribution in [0.2, 0.25) is 0 Å². The molecule has 0 spiro atoms. The van der Waals surface area contributed by atoms with Crippen LogP contribution in [0.3, 0.4) is 0 Å². The van der Waals surface area contributed by atoms with Gasteiger partial charge in [-0.2, -0.15) is 0 Å². The van der Waals surface area contributed by atoms with E-state index in [9.17, 15) is 0 Å². The number of allylic oxidation sites excluding steroid dienone is 2. The molecule has 1 aliphatic rings. The van der Waals surface area contributed by atoms with Crippen LogP contribution in [0.5, 0.6) is 0 Å². The Morgan fingerprint density at radius 1 is 1.20 bits per heavy atom. The van der Waals surface area contributed by atoms with Crippen LogP contribution in [0.15, 0.2) is 11.6 Å². The summed E-state index contributed by atoms with van der Waals surface area (Å²) >= 11 is 0. The van der Waals surface area contributed by atoms with E-state index in [4.69, 9.17) is 0 Å². The first kappa shape index (κ1) is 7.84. The first-order valence-electron chi connectivity index (χ1n) is 4.47. The summed E-state index contributed by atoms with van der Waals surface area (Å²) in [7, 11) is 0. The van der Waals surface area contributed by atoms with Crippen LogP contribution < -0.4 is 0 Å². The smallest absolute Gasteiger partial charge is 0.0206 e. The van der Waals surface area contributed by atoms with Gasteiger partial charge in [0, 0.05) is 0 Å². The van der Waals surface area contributed by atoms with Gasteiger partial charge in [-0.1, -0.05) is 30.9 Å². The number of hydrogen-bond acceptors (Lipinski definition) is 0. The summed E-state index contributed by atoms with van der Waals surface area (Å²) in [6.45, 7) is 4.43. The lowest BCUT2D eigenvalue weighted by Gasteiger charge is -2.21. The molecule has 1 aliphatic carbocycles. The first-order chi connectivity index (χ1) is 4.84. The van der Waals surface area contributed by atoms with Gasteiger partial charge < -0.3 is 0 Å². The fourth-order valence-electron chi connectivity index (χ4n) is 1.79. The van der Waals surface area contributed by atoms with Crippen LogP contribution in [0.4, 0.5) is 0 Å². The van der Waals surface area contributed by atoms with Crippen LogP contribution >= 0.6 is 0 Å². The molecule has 0 aromatic rings. The van der Waals surface area contributed by atoms with Crippen LogP contribution in [0, 0.1) is 5.92 Å². The molecule has 0 bridgehead atoms. The van der Waals surface area contributed by atoms with Crippen molar-refractivity contribution in [1.29, 1.82) is 0 Å². The average molecular weight is 138 g/mol. The average Bonchev–Trinajstić information content (AvgIpc) is 2.05.